The second-order valence-corrected chi connectivity index (χ2v) is 8.46. The van der Waals surface area contributed by atoms with Gasteiger partial charge in [0.15, 0.2) is 0 Å². The van der Waals surface area contributed by atoms with Crippen molar-refractivity contribution in [1.82, 2.24) is 5.32 Å². The maximum Gasteiger partial charge on any atom is 0.263 e. The monoisotopic (exact) mass is 433 g/mol. The molecular formula is C21H20ClNO3S2. The van der Waals surface area contributed by atoms with Crippen LogP contribution in [0.1, 0.15) is 23.1 Å². The van der Waals surface area contributed by atoms with Gasteiger partial charge in [-0.05, 0) is 49.2 Å². The first-order chi connectivity index (χ1) is 13.4. The van der Waals surface area contributed by atoms with E-state index in [4.69, 9.17) is 33.3 Å². The number of nitrogens with one attached hydrogen (secondary N) is 1. The lowest BCUT2D eigenvalue weighted by Gasteiger charge is -2.13. The van der Waals surface area contributed by atoms with Gasteiger partial charge in [0, 0.05) is 17.0 Å². The first-order valence-corrected chi connectivity index (χ1v) is 10.4. The van der Waals surface area contributed by atoms with E-state index in [0.29, 0.717) is 33.2 Å². The van der Waals surface area contributed by atoms with E-state index >= 15 is 0 Å². The molecule has 2 aromatic rings. The predicted octanol–water partition coefficient (Wildman–Crippen LogP) is 5.29. The highest BCUT2D eigenvalue weighted by molar-refractivity contribution is 8.26. The Bertz CT molecular complexity index is 923. The van der Waals surface area contributed by atoms with Gasteiger partial charge in [0.25, 0.3) is 5.91 Å². The Morgan fingerprint density at radius 1 is 1.14 bits per heavy atom. The highest BCUT2D eigenvalue weighted by atomic mass is 35.5. The molecular weight excluding hydrogens is 414 g/mol. The van der Waals surface area contributed by atoms with Gasteiger partial charge < -0.3 is 14.8 Å². The molecule has 0 aromatic heterocycles. The third-order valence-corrected chi connectivity index (χ3v) is 5.50. The number of thioether (sulfide) groups is 1. The molecule has 1 aliphatic heterocycles. The number of benzene rings is 2. The Kier molecular flexibility index (Phi) is 6.99. The van der Waals surface area contributed by atoms with Gasteiger partial charge >= 0.3 is 0 Å². The summed E-state index contributed by atoms with van der Waals surface area (Å²) in [6, 6.07) is 11.4. The molecule has 3 rings (SSSR count). The van der Waals surface area contributed by atoms with Gasteiger partial charge in [-0.1, -0.05) is 53.8 Å². The van der Waals surface area contributed by atoms with Crippen molar-refractivity contribution in [2.24, 2.45) is 0 Å². The summed E-state index contributed by atoms with van der Waals surface area (Å²) in [6.07, 6.45) is 2.47. The Hall–Kier alpha value is -2.02. The Morgan fingerprint density at radius 2 is 1.86 bits per heavy atom. The fraction of sp³-hybridized carbons (Fsp3) is 0.238. The summed E-state index contributed by atoms with van der Waals surface area (Å²) in [5, 5.41) is 3.18. The summed E-state index contributed by atoms with van der Waals surface area (Å²) in [5.74, 6) is 1.39. The highest BCUT2D eigenvalue weighted by Gasteiger charge is 2.22. The van der Waals surface area contributed by atoms with Crippen LogP contribution in [0.2, 0.25) is 5.02 Å². The number of aryl methyl sites for hydroxylation is 2. The van der Waals surface area contributed by atoms with Crippen LogP contribution in [0.15, 0.2) is 41.3 Å². The zero-order valence-electron chi connectivity index (χ0n) is 15.6. The normalized spacial score (nSPS) is 15.0. The van der Waals surface area contributed by atoms with Crippen LogP contribution >= 0.6 is 35.6 Å². The maximum atomic E-state index is 11.9. The molecule has 1 amide bonds. The van der Waals surface area contributed by atoms with Crippen LogP contribution in [0.3, 0.4) is 0 Å². The van der Waals surface area contributed by atoms with Crippen LogP contribution in [-0.2, 0) is 4.79 Å². The second-order valence-electron chi connectivity index (χ2n) is 6.31. The number of ether oxygens (including phenoxy) is 2. The van der Waals surface area contributed by atoms with Crippen molar-refractivity contribution in [2.75, 3.05) is 13.2 Å². The zero-order valence-corrected chi connectivity index (χ0v) is 18.0. The minimum absolute atomic E-state index is 0.206. The summed E-state index contributed by atoms with van der Waals surface area (Å²) in [6.45, 7) is 5.12. The smallest absolute Gasteiger partial charge is 0.263 e. The summed E-state index contributed by atoms with van der Waals surface area (Å²) in [4.78, 5) is 12.4. The number of carbonyl (C=O) groups excluding carboxylic acids is 1. The average Bonchev–Trinajstić information content (AvgIpc) is 2.95. The molecule has 1 heterocycles. The first-order valence-electron chi connectivity index (χ1n) is 8.80. The van der Waals surface area contributed by atoms with Gasteiger partial charge in [0.05, 0.1) is 18.1 Å². The van der Waals surface area contributed by atoms with Gasteiger partial charge in [0.1, 0.15) is 15.8 Å². The van der Waals surface area contributed by atoms with E-state index in [1.807, 2.05) is 32.0 Å². The lowest BCUT2D eigenvalue weighted by atomic mass is 10.1. The molecule has 4 nitrogen and oxygen atoms in total. The van der Waals surface area contributed by atoms with Crippen molar-refractivity contribution in [3.8, 4) is 11.5 Å². The van der Waals surface area contributed by atoms with E-state index in [-0.39, 0.29) is 5.91 Å². The van der Waals surface area contributed by atoms with Gasteiger partial charge in [-0.2, -0.15) is 0 Å². The second kappa shape index (κ2) is 9.45. The number of amides is 1. The number of carbonyl (C=O) groups is 1. The van der Waals surface area contributed by atoms with Crippen molar-refractivity contribution in [3.63, 3.8) is 0 Å². The van der Waals surface area contributed by atoms with E-state index in [2.05, 4.69) is 5.32 Å². The molecule has 0 atom stereocenters. The van der Waals surface area contributed by atoms with E-state index in [1.165, 1.54) is 11.8 Å². The topological polar surface area (TPSA) is 47.6 Å². The van der Waals surface area contributed by atoms with E-state index in [1.54, 1.807) is 24.3 Å². The summed E-state index contributed by atoms with van der Waals surface area (Å²) >= 11 is 12.4. The molecule has 0 bridgehead atoms. The van der Waals surface area contributed by atoms with Crippen LogP contribution < -0.4 is 14.8 Å². The number of halogens is 1. The fourth-order valence-corrected chi connectivity index (χ4v) is 3.98. The zero-order chi connectivity index (χ0) is 20.1. The molecule has 2 aromatic carbocycles. The van der Waals surface area contributed by atoms with Crippen LogP contribution in [0.4, 0.5) is 0 Å². The number of thiocarbonyl (C=S) groups is 1. The Labute approximate surface area is 179 Å². The summed E-state index contributed by atoms with van der Waals surface area (Å²) in [5.41, 5.74) is 2.99. The Balaban J connectivity index is 1.60. The quantitative estimate of drug-likeness (QED) is 0.365. The van der Waals surface area contributed by atoms with Crippen molar-refractivity contribution >= 4 is 51.9 Å². The van der Waals surface area contributed by atoms with Crippen molar-refractivity contribution in [3.05, 3.63) is 63.0 Å². The predicted molar refractivity (Wildman–Crippen MR) is 119 cm³/mol. The molecule has 7 heteroatoms. The number of hydrogen-bond acceptors (Lipinski definition) is 5. The number of para-hydroxylation sites is 1. The molecule has 0 aliphatic carbocycles. The summed E-state index contributed by atoms with van der Waals surface area (Å²) < 4.78 is 12.3. The molecule has 1 N–H and O–H groups in total. The highest BCUT2D eigenvalue weighted by Crippen LogP contribution is 2.31. The minimum Gasteiger partial charge on any atom is -0.493 e. The van der Waals surface area contributed by atoms with Crippen molar-refractivity contribution in [1.29, 1.82) is 0 Å². The first kappa shape index (κ1) is 20.7. The van der Waals surface area contributed by atoms with Crippen molar-refractivity contribution < 1.29 is 14.3 Å². The molecule has 1 fully saturated rings. The lowest BCUT2D eigenvalue weighted by Crippen LogP contribution is -2.17. The molecule has 1 aliphatic rings. The van der Waals surface area contributed by atoms with Gasteiger partial charge in [0.2, 0.25) is 0 Å². The van der Waals surface area contributed by atoms with E-state index in [0.717, 1.165) is 28.9 Å². The SMILES string of the molecule is Cc1cccc(C)c1OCCCOc1ccc(Cl)cc1/C=C1/SC(=S)NC1=O. The standard InChI is InChI=1S/C21H20ClNO3S2/c1-13-5-3-6-14(2)19(13)26-10-4-9-25-17-8-7-16(22)11-15(17)12-18-20(24)23-21(27)28-18/h3,5-8,11-12H,4,9-10H2,1-2H3,(H,23,24,27)/b18-12+. The molecule has 0 unspecified atom stereocenters. The number of hydrogen-bond donors (Lipinski definition) is 1. The van der Waals surface area contributed by atoms with Crippen molar-refractivity contribution in [2.45, 2.75) is 20.3 Å². The molecule has 28 heavy (non-hydrogen) atoms. The summed E-state index contributed by atoms with van der Waals surface area (Å²) in [7, 11) is 0. The average molecular weight is 434 g/mol. The lowest BCUT2D eigenvalue weighted by molar-refractivity contribution is -0.115. The van der Waals surface area contributed by atoms with Gasteiger partial charge in [-0.15, -0.1) is 0 Å². The van der Waals surface area contributed by atoms with Crippen LogP contribution in [-0.4, -0.2) is 23.4 Å². The maximum absolute atomic E-state index is 11.9. The molecule has 0 saturated carbocycles. The fourth-order valence-electron chi connectivity index (χ4n) is 2.77. The van der Waals surface area contributed by atoms with Crippen LogP contribution in [0.5, 0.6) is 11.5 Å². The Morgan fingerprint density at radius 3 is 2.54 bits per heavy atom. The van der Waals surface area contributed by atoms with Gasteiger partial charge in [-0.3, -0.25) is 4.79 Å². The largest absolute Gasteiger partial charge is 0.493 e. The molecule has 0 radical (unpaired) electrons. The number of rotatable bonds is 7. The third-order valence-electron chi connectivity index (χ3n) is 4.10. The molecule has 0 spiro atoms. The molecule has 146 valence electrons. The van der Waals surface area contributed by atoms with Crippen LogP contribution in [0.25, 0.3) is 6.08 Å². The molecule has 1 saturated heterocycles. The van der Waals surface area contributed by atoms with Crippen LogP contribution in [0, 0.1) is 13.8 Å². The van der Waals surface area contributed by atoms with E-state index in [9.17, 15) is 4.79 Å². The third kappa shape index (κ3) is 5.28. The minimum atomic E-state index is -0.206. The van der Waals surface area contributed by atoms with Gasteiger partial charge in [-0.25, -0.2) is 0 Å². The van der Waals surface area contributed by atoms with E-state index < -0.39 is 0 Å².